The number of alkyl halides is 1. The fourth-order valence-corrected chi connectivity index (χ4v) is 2.74. The van der Waals surface area contributed by atoms with Crippen LogP contribution in [0.25, 0.3) is 0 Å². The van der Waals surface area contributed by atoms with Crippen LogP contribution in [-0.2, 0) is 0 Å². The van der Waals surface area contributed by atoms with Crippen LogP contribution < -0.4 is 0 Å². The first-order chi connectivity index (χ1) is 6.20. The fourth-order valence-electron chi connectivity index (χ4n) is 2.74. The average molecular weight is 186 g/mol. The van der Waals surface area contributed by atoms with E-state index in [9.17, 15) is 4.39 Å². The second-order valence-corrected chi connectivity index (χ2v) is 4.55. The van der Waals surface area contributed by atoms with E-state index in [1.807, 2.05) is 0 Å². The minimum Gasteiger partial charge on any atom is -0.247 e. The molecule has 0 heterocycles. The predicted molar refractivity (Wildman–Crippen MR) is 55.5 cm³/mol. The van der Waals surface area contributed by atoms with E-state index in [1.165, 1.54) is 25.7 Å². The molecule has 0 spiro atoms. The fraction of sp³-hybridized carbons (Fsp3) is 1.00. The normalized spacial score (nSPS) is 35.5. The number of unbranched alkanes of at least 4 members (excludes halogenated alkanes) is 1. The summed E-state index contributed by atoms with van der Waals surface area (Å²) >= 11 is 0. The summed E-state index contributed by atoms with van der Waals surface area (Å²) in [6.07, 6.45) is 5.60. The third kappa shape index (κ3) is 2.45. The van der Waals surface area contributed by atoms with Crippen LogP contribution in [0.1, 0.15) is 52.9 Å². The molecule has 0 radical (unpaired) electrons. The minimum atomic E-state index is -0.579. The van der Waals surface area contributed by atoms with Crippen LogP contribution in [0.4, 0.5) is 4.39 Å². The molecule has 1 rings (SSSR count). The highest BCUT2D eigenvalue weighted by molar-refractivity contribution is 4.90. The van der Waals surface area contributed by atoms with E-state index in [0.717, 1.165) is 12.3 Å². The molecule has 1 saturated carbocycles. The molecule has 0 aliphatic heterocycles. The van der Waals surface area contributed by atoms with Gasteiger partial charge in [0.25, 0.3) is 0 Å². The number of halogens is 1. The van der Waals surface area contributed by atoms with Crippen LogP contribution in [0.15, 0.2) is 0 Å². The lowest BCUT2D eigenvalue weighted by Crippen LogP contribution is -2.40. The lowest BCUT2D eigenvalue weighted by Gasteiger charge is -2.46. The zero-order valence-corrected chi connectivity index (χ0v) is 9.22. The van der Waals surface area contributed by atoms with E-state index < -0.39 is 6.17 Å². The molecular weight excluding hydrogens is 163 g/mol. The van der Waals surface area contributed by atoms with Crippen molar-refractivity contribution in [2.45, 2.75) is 59.0 Å². The van der Waals surface area contributed by atoms with Crippen molar-refractivity contribution in [3.8, 4) is 0 Å². The van der Waals surface area contributed by atoms with Crippen LogP contribution >= 0.6 is 0 Å². The first-order valence-corrected chi connectivity index (χ1v) is 5.84. The third-order valence-electron chi connectivity index (χ3n) is 3.74. The van der Waals surface area contributed by atoms with Gasteiger partial charge in [-0.2, -0.15) is 0 Å². The van der Waals surface area contributed by atoms with Gasteiger partial charge in [0, 0.05) is 0 Å². The molecule has 0 N–H and O–H groups in total. The Morgan fingerprint density at radius 3 is 2.54 bits per heavy atom. The standard InChI is InChI=1S/C12H23F/c1-4-6-7-11-10(5-2)8-12(11)9(3)13/h9-12H,4-8H2,1-3H3. The SMILES string of the molecule is CCCCC1C(CC)CC1C(C)F. The Kier molecular flexibility index (Phi) is 4.21. The van der Waals surface area contributed by atoms with E-state index in [-0.39, 0.29) is 0 Å². The topological polar surface area (TPSA) is 0 Å². The van der Waals surface area contributed by atoms with E-state index >= 15 is 0 Å². The molecule has 78 valence electrons. The van der Waals surface area contributed by atoms with Crippen LogP contribution in [-0.4, -0.2) is 6.17 Å². The van der Waals surface area contributed by atoms with Crippen molar-refractivity contribution >= 4 is 0 Å². The molecule has 0 aromatic rings. The van der Waals surface area contributed by atoms with E-state index in [0.29, 0.717) is 11.8 Å². The molecule has 4 atom stereocenters. The Balaban J connectivity index is 2.35. The monoisotopic (exact) mass is 186 g/mol. The molecular formula is C12H23F. The van der Waals surface area contributed by atoms with Gasteiger partial charge in [0.15, 0.2) is 0 Å². The van der Waals surface area contributed by atoms with Crippen molar-refractivity contribution in [1.82, 2.24) is 0 Å². The largest absolute Gasteiger partial charge is 0.247 e. The second kappa shape index (κ2) is 4.97. The quantitative estimate of drug-likeness (QED) is 0.603. The van der Waals surface area contributed by atoms with Gasteiger partial charge < -0.3 is 0 Å². The molecule has 0 nitrogen and oxygen atoms in total. The molecule has 4 unspecified atom stereocenters. The average Bonchev–Trinajstić information content (AvgIpc) is 2.03. The number of hydrogen-bond acceptors (Lipinski definition) is 0. The van der Waals surface area contributed by atoms with Gasteiger partial charge in [-0.15, -0.1) is 0 Å². The molecule has 0 aromatic heterocycles. The number of hydrogen-bond donors (Lipinski definition) is 0. The minimum absolute atomic E-state index is 0.386. The summed E-state index contributed by atoms with van der Waals surface area (Å²) in [6, 6.07) is 0. The van der Waals surface area contributed by atoms with Crippen molar-refractivity contribution in [1.29, 1.82) is 0 Å². The maximum Gasteiger partial charge on any atom is 0.100 e. The highest BCUT2D eigenvalue weighted by Crippen LogP contribution is 2.47. The van der Waals surface area contributed by atoms with Crippen LogP contribution in [0, 0.1) is 17.8 Å². The molecule has 13 heavy (non-hydrogen) atoms. The van der Waals surface area contributed by atoms with Crippen molar-refractivity contribution in [2.75, 3.05) is 0 Å². The van der Waals surface area contributed by atoms with Crippen molar-refractivity contribution in [3.63, 3.8) is 0 Å². The van der Waals surface area contributed by atoms with E-state index in [4.69, 9.17) is 0 Å². The van der Waals surface area contributed by atoms with Gasteiger partial charge in [0.2, 0.25) is 0 Å². The molecule has 0 aromatic carbocycles. The molecule has 1 aliphatic rings. The summed E-state index contributed by atoms with van der Waals surface area (Å²) in [5.41, 5.74) is 0. The lowest BCUT2D eigenvalue weighted by molar-refractivity contribution is 0.00370. The first-order valence-electron chi connectivity index (χ1n) is 5.84. The third-order valence-corrected chi connectivity index (χ3v) is 3.74. The van der Waals surface area contributed by atoms with Gasteiger partial charge in [-0.1, -0.05) is 33.1 Å². The van der Waals surface area contributed by atoms with Crippen molar-refractivity contribution < 1.29 is 4.39 Å². The summed E-state index contributed by atoms with van der Waals surface area (Å²) in [7, 11) is 0. The van der Waals surface area contributed by atoms with Gasteiger partial charge >= 0.3 is 0 Å². The zero-order valence-electron chi connectivity index (χ0n) is 9.22. The number of rotatable bonds is 5. The van der Waals surface area contributed by atoms with Crippen LogP contribution in [0.3, 0.4) is 0 Å². The molecule has 1 aliphatic carbocycles. The molecule has 0 saturated heterocycles. The van der Waals surface area contributed by atoms with E-state index in [2.05, 4.69) is 13.8 Å². The summed E-state index contributed by atoms with van der Waals surface area (Å²) in [6.45, 7) is 6.19. The van der Waals surface area contributed by atoms with E-state index in [1.54, 1.807) is 6.92 Å². The molecule has 1 fully saturated rings. The van der Waals surface area contributed by atoms with Gasteiger partial charge in [-0.05, 0) is 37.5 Å². The van der Waals surface area contributed by atoms with Gasteiger partial charge in [-0.25, -0.2) is 4.39 Å². The summed E-state index contributed by atoms with van der Waals surface area (Å²) in [5.74, 6) is 1.91. The maximum absolute atomic E-state index is 13.1. The molecule has 0 bridgehead atoms. The second-order valence-electron chi connectivity index (χ2n) is 4.55. The van der Waals surface area contributed by atoms with Gasteiger partial charge in [0.05, 0.1) is 0 Å². The highest BCUT2D eigenvalue weighted by Gasteiger charge is 2.41. The Morgan fingerprint density at radius 2 is 2.08 bits per heavy atom. The maximum atomic E-state index is 13.1. The molecule has 1 heteroatoms. The van der Waals surface area contributed by atoms with Gasteiger partial charge in [-0.3, -0.25) is 0 Å². The highest BCUT2D eigenvalue weighted by atomic mass is 19.1. The lowest BCUT2D eigenvalue weighted by atomic mass is 9.60. The first kappa shape index (κ1) is 11.0. The molecule has 0 amide bonds. The summed E-state index contributed by atoms with van der Waals surface area (Å²) < 4.78 is 13.1. The predicted octanol–water partition coefficient (Wildman–Crippen LogP) is 4.20. The summed E-state index contributed by atoms with van der Waals surface area (Å²) in [4.78, 5) is 0. The van der Waals surface area contributed by atoms with Crippen molar-refractivity contribution in [2.24, 2.45) is 17.8 Å². The van der Waals surface area contributed by atoms with Crippen molar-refractivity contribution in [3.05, 3.63) is 0 Å². The Morgan fingerprint density at radius 1 is 1.38 bits per heavy atom. The van der Waals surface area contributed by atoms with Crippen LogP contribution in [0.2, 0.25) is 0 Å². The Labute approximate surface area is 81.9 Å². The smallest absolute Gasteiger partial charge is 0.100 e. The zero-order chi connectivity index (χ0) is 9.84. The Bertz CT molecular complexity index is 142. The van der Waals surface area contributed by atoms with Crippen LogP contribution in [0.5, 0.6) is 0 Å². The van der Waals surface area contributed by atoms with Gasteiger partial charge in [0.1, 0.15) is 6.17 Å². The summed E-state index contributed by atoms with van der Waals surface area (Å²) in [5, 5.41) is 0. The Hall–Kier alpha value is -0.0700.